The van der Waals surface area contributed by atoms with Gasteiger partial charge in [0.25, 0.3) is 0 Å². The number of nitrogens with zero attached hydrogens (tertiary/aromatic N) is 3. The predicted molar refractivity (Wildman–Crippen MR) is 65.6 cm³/mol. The molecule has 2 amide bonds. The van der Waals surface area contributed by atoms with Crippen LogP contribution in [0.25, 0.3) is 0 Å². The zero-order valence-electron chi connectivity index (χ0n) is 10.5. The van der Waals surface area contributed by atoms with E-state index in [1.54, 1.807) is 17.4 Å². The average molecular weight is 250 g/mol. The highest BCUT2D eigenvalue weighted by molar-refractivity contribution is 5.87. The SMILES string of the molecule is CC1CC(=O)NCC(=O)N1CCCn1ccnc1. The van der Waals surface area contributed by atoms with Gasteiger partial charge in [-0.15, -0.1) is 0 Å². The van der Waals surface area contributed by atoms with E-state index in [0.717, 1.165) is 13.0 Å². The fourth-order valence-corrected chi connectivity index (χ4v) is 2.16. The molecule has 0 radical (unpaired) electrons. The van der Waals surface area contributed by atoms with Crippen LogP contribution in [0, 0.1) is 0 Å². The number of rotatable bonds is 4. The van der Waals surface area contributed by atoms with Gasteiger partial charge in [-0.2, -0.15) is 0 Å². The molecule has 98 valence electrons. The number of carbonyl (C=O) groups excluding carboxylic acids is 2. The minimum absolute atomic E-state index is 0.000943. The monoisotopic (exact) mass is 250 g/mol. The standard InChI is InChI=1S/C12H18N4O2/c1-10-7-11(17)14-8-12(18)16(10)5-2-4-15-6-3-13-9-15/h3,6,9-10H,2,4-5,7-8H2,1H3,(H,14,17). The first-order chi connectivity index (χ1) is 8.66. The molecule has 1 aromatic rings. The van der Waals surface area contributed by atoms with Crippen molar-refractivity contribution in [2.75, 3.05) is 13.1 Å². The number of amides is 2. The highest BCUT2D eigenvalue weighted by Crippen LogP contribution is 2.09. The van der Waals surface area contributed by atoms with E-state index >= 15 is 0 Å². The zero-order chi connectivity index (χ0) is 13.0. The lowest BCUT2D eigenvalue weighted by atomic mass is 10.2. The second-order valence-electron chi connectivity index (χ2n) is 4.57. The predicted octanol–water partition coefficient (Wildman–Crippen LogP) is 0.0102. The first-order valence-electron chi connectivity index (χ1n) is 6.18. The van der Waals surface area contributed by atoms with Crippen molar-refractivity contribution in [3.63, 3.8) is 0 Å². The normalized spacial score (nSPS) is 20.7. The second-order valence-corrected chi connectivity index (χ2v) is 4.57. The van der Waals surface area contributed by atoms with Gasteiger partial charge in [-0.1, -0.05) is 0 Å². The van der Waals surface area contributed by atoms with Crippen molar-refractivity contribution in [2.24, 2.45) is 0 Å². The fourth-order valence-electron chi connectivity index (χ4n) is 2.16. The summed E-state index contributed by atoms with van der Waals surface area (Å²) < 4.78 is 1.98. The van der Waals surface area contributed by atoms with Gasteiger partial charge < -0.3 is 14.8 Å². The molecule has 0 spiro atoms. The Balaban J connectivity index is 1.86. The summed E-state index contributed by atoms with van der Waals surface area (Å²) in [5.41, 5.74) is 0. The molecule has 1 N–H and O–H groups in total. The van der Waals surface area contributed by atoms with Crippen molar-refractivity contribution in [1.82, 2.24) is 19.8 Å². The molecule has 1 saturated heterocycles. The third kappa shape index (κ3) is 3.09. The lowest BCUT2D eigenvalue weighted by Gasteiger charge is -2.26. The van der Waals surface area contributed by atoms with E-state index in [1.165, 1.54) is 0 Å². The van der Waals surface area contributed by atoms with Crippen LogP contribution in [0.5, 0.6) is 0 Å². The third-order valence-corrected chi connectivity index (χ3v) is 3.14. The minimum Gasteiger partial charge on any atom is -0.347 e. The van der Waals surface area contributed by atoms with E-state index < -0.39 is 0 Å². The van der Waals surface area contributed by atoms with E-state index in [4.69, 9.17) is 0 Å². The fraction of sp³-hybridized carbons (Fsp3) is 0.583. The van der Waals surface area contributed by atoms with E-state index in [-0.39, 0.29) is 24.4 Å². The first kappa shape index (κ1) is 12.6. The van der Waals surface area contributed by atoms with Gasteiger partial charge in [-0.25, -0.2) is 4.98 Å². The molecule has 1 aromatic heterocycles. The Morgan fingerprint density at radius 3 is 3.00 bits per heavy atom. The molecule has 0 saturated carbocycles. The number of hydrogen-bond donors (Lipinski definition) is 1. The molecule has 1 unspecified atom stereocenters. The summed E-state index contributed by atoms with van der Waals surface area (Å²) in [7, 11) is 0. The van der Waals surface area contributed by atoms with Crippen LogP contribution in [0.15, 0.2) is 18.7 Å². The number of carbonyl (C=O) groups is 2. The van der Waals surface area contributed by atoms with Gasteiger partial charge in [0.2, 0.25) is 11.8 Å². The molecular formula is C12H18N4O2. The van der Waals surface area contributed by atoms with Gasteiger partial charge in [-0.3, -0.25) is 9.59 Å². The summed E-state index contributed by atoms with van der Waals surface area (Å²) >= 11 is 0. The minimum atomic E-state index is -0.0482. The molecule has 0 aliphatic carbocycles. The molecule has 6 nitrogen and oxygen atoms in total. The molecule has 0 aromatic carbocycles. The van der Waals surface area contributed by atoms with Crippen molar-refractivity contribution in [2.45, 2.75) is 32.4 Å². The summed E-state index contributed by atoms with van der Waals surface area (Å²) in [5, 5.41) is 2.61. The van der Waals surface area contributed by atoms with E-state index in [1.807, 2.05) is 17.7 Å². The summed E-state index contributed by atoms with van der Waals surface area (Å²) in [6.07, 6.45) is 6.65. The van der Waals surface area contributed by atoms with Crippen molar-refractivity contribution >= 4 is 11.8 Å². The maximum absolute atomic E-state index is 11.9. The van der Waals surface area contributed by atoms with Crippen LogP contribution in [-0.2, 0) is 16.1 Å². The second kappa shape index (κ2) is 5.66. The highest BCUT2D eigenvalue weighted by Gasteiger charge is 2.25. The molecule has 2 heterocycles. The van der Waals surface area contributed by atoms with Gasteiger partial charge in [0.1, 0.15) is 0 Å². The van der Waals surface area contributed by atoms with Crippen LogP contribution in [-0.4, -0.2) is 45.4 Å². The van der Waals surface area contributed by atoms with Crippen molar-refractivity contribution < 1.29 is 9.59 Å². The lowest BCUT2D eigenvalue weighted by Crippen LogP contribution is -2.40. The Hall–Kier alpha value is -1.85. The van der Waals surface area contributed by atoms with E-state index in [2.05, 4.69) is 10.3 Å². The number of hydrogen-bond acceptors (Lipinski definition) is 3. The van der Waals surface area contributed by atoms with Gasteiger partial charge in [0.15, 0.2) is 0 Å². The molecule has 1 aliphatic heterocycles. The van der Waals surface area contributed by atoms with Gasteiger partial charge in [0.05, 0.1) is 12.9 Å². The van der Waals surface area contributed by atoms with Crippen LogP contribution < -0.4 is 5.32 Å². The van der Waals surface area contributed by atoms with Crippen molar-refractivity contribution in [3.8, 4) is 0 Å². The molecule has 1 fully saturated rings. The van der Waals surface area contributed by atoms with Crippen LogP contribution in [0.3, 0.4) is 0 Å². The molecule has 1 atom stereocenters. The van der Waals surface area contributed by atoms with Crippen LogP contribution in [0.4, 0.5) is 0 Å². The zero-order valence-corrected chi connectivity index (χ0v) is 10.5. The maximum atomic E-state index is 11.9. The molecule has 0 bridgehead atoms. The highest BCUT2D eigenvalue weighted by atomic mass is 16.2. The Labute approximate surface area is 106 Å². The molecule has 6 heteroatoms. The number of aromatic nitrogens is 2. The summed E-state index contributed by atoms with van der Waals surface area (Å²) in [6.45, 7) is 3.54. The van der Waals surface area contributed by atoms with Crippen molar-refractivity contribution in [1.29, 1.82) is 0 Å². The van der Waals surface area contributed by atoms with Crippen LogP contribution >= 0.6 is 0 Å². The quantitative estimate of drug-likeness (QED) is 0.818. The van der Waals surface area contributed by atoms with E-state index in [0.29, 0.717) is 13.0 Å². The topological polar surface area (TPSA) is 67.2 Å². The summed E-state index contributed by atoms with van der Waals surface area (Å²) in [5.74, 6) is -0.0491. The van der Waals surface area contributed by atoms with Gasteiger partial charge in [-0.05, 0) is 13.3 Å². The maximum Gasteiger partial charge on any atom is 0.242 e. The Morgan fingerprint density at radius 1 is 1.44 bits per heavy atom. The smallest absolute Gasteiger partial charge is 0.242 e. The van der Waals surface area contributed by atoms with Crippen LogP contribution in [0.2, 0.25) is 0 Å². The van der Waals surface area contributed by atoms with Crippen LogP contribution in [0.1, 0.15) is 19.8 Å². The molecule has 2 rings (SSSR count). The molecule has 1 aliphatic rings. The lowest BCUT2D eigenvalue weighted by molar-refractivity contribution is -0.131. The largest absolute Gasteiger partial charge is 0.347 e. The number of imidazole rings is 1. The Morgan fingerprint density at radius 2 is 2.28 bits per heavy atom. The summed E-state index contributed by atoms with van der Waals surface area (Å²) in [4.78, 5) is 29.0. The number of nitrogens with one attached hydrogen (secondary N) is 1. The summed E-state index contributed by atoms with van der Waals surface area (Å²) in [6, 6.07) is -0.0252. The van der Waals surface area contributed by atoms with Crippen molar-refractivity contribution in [3.05, 3.63) is 18.7 Å². The molecule has 18 heavy (non-hydrogen) atoms. The van der Waals surface area contributed by atoms with E-state index in [9.17, 15) is 9.59 Å². The Kier molecular flexibility index (Phi) is 3.96. The average Bonchev–Trinajstić information content (AvgIpc) is 2.80. The molecular weight excluding hydrogens is 232 g/mol. The Bertz CT molecular complexity index is 416. The van der Waals surface area contributed by atoms with Gasteiger partial charge >= 0.3 is 0 Å². The number of aryl methyl sites for hydroxylation is 1. The van der Waals surface area contributed by atoms with Gasteiger partial charge in [0, 0.05) is 37.9 Å². The third-order valence-electron chi connectivity index (χ3n) is 3.14. The first-order valence-corrected chi connectivity index (χ1v) is 6.18.